The van der Waals surface area contributed by atoms with E-state index in [1.54, 1.807) is 0 Å². The lowest BCUT2D eigenvalue weighted by atomic mass is 10.1. The first-order chi connectivity index (χ1) is 8.74. The van der Waals surface area contributed by atoms with Crippen molar-refractivity contribution >= 4 is 27.5 Å². The smallest absolute Gasteiger partial charge is 0.0731 e. The largest absolute Gasteiger partial charge is 0.377 e. The van der Waals surface area contributed by atoms with Crippen LogP contribution in [0.3, 0.4) is 0 Å². The fraction of sp³-hybridized carbons (Fsp3) is 0.600. The third-order valence-electron chi connectivity index (χ3n) is 2.91. The van der Waals surface area contributed by atoms with Gasteiger partial charge >= 0.3 is 0 Å². The van der Waals surface area contributed by atoms with Crippen LogP contribution in [0.25, 0.3) is 0 Å². The molecule has 0 saturated heterocycles. The van der Waals surface area contributed by atoms with E-state index in [0.29, 0.717) is 6.61 Å². The van der Waals surface area contributed by atoms with Crippen LogP contribution >= 0.6 is 27.5 Å². The van der Waals surface area contributed by atoms with E-state index < -0.39 is 0 Å². The summed E-state index contributed by atoms with van der Waals surface area (Å²) in [5.41, 5.74) is 1.06. The van der Waals surface area contributed by atoms with Crippen LogP contribution < -0.4 is 0 Å². The van der Waals surface area contributed by atoms with Gasteiger partial charge in [0.05, 0.1) is 6.61 Å². The fourth-order valence-corrected chi connectivity index (χ4v) is 2.53. The Kier molecular flexibility index (Phi) is 8.74. The normalized spacial score (nSPS) is 10.8. The molecule has 0 N–H and O–H groups in total. The van der Waals surface area contributed by atoms with Gasteiger partial charge in [-0.05, 0) is 24.1 Å². The third-order valence-corrected chi connectivity index (χ3v) is 3.76. The quantitative estimate of drug-likeness (QED) is 0.505. The number of unbranched alkanes of at least 4 members (excludes halogenated alkanes) is 5. The highest BCUT2D eigenvalue weighted by atomic mass is 79.9. The van der Waals surface area contributed by atoms with E-state index in [-0.39, 0.29) is 0 Å². The van der Waals surface area contributed by atoms with Crippen molar-refractivity contribution in [2.75, 3.05) is 6.61 Å². The van der Waals surface area contributed by atoms with Crippen LogP contribution in [0.1, 0.15) is 51.0 Å². The molecule has 0 spiro atoms. The molecule has 0 amide bonds. The molecule has 18 heavy (non-hydrogen) atoms. The van der Waals surface area contributed by atoms with Gasteiger partial charge in [0.25, 0.3) is 0 Å². The van der Waals surface area contributed by atoms with Crippen molar-refractivity contribution in [3.63, 3.8) is 0 Å². The molecule has 0 aliphatic rings. The van der Waals surface area contributed by atoms with Gasteiger partial charge < -0.3 is 4.74 Å². The first kappa shape index (κ1) is 16.0. The molecule has 0 aliphatic carbocycles. The maximum absolute atomic E-state index is 6.12. The second-order valence-electron chi connectivity index (χ2n) is 4.56. The van der Waals surface area contributed by atoms with Crippen molar-refractivity contribution in [3.05, 3.63) is 33.3 Å². The average molecular weight is 334 g/mol. The maximum Gasteiger partial charge on any atom is 0.0731 e. The van der Waals surface area contributed by atoms with E-state index in [4.69, 9.17) is 16.3 Å². The summed E-state index contributed by atoms with van der Waals surface area (Å²) in [7, 11) is 0. The molecule has 102 valence electrons. The first-order valence-corrected chi connectivity index (χ1v) is 7.92. The lowest BCUT2D eigenvalue weighted by molar-refractivity contribution is 0.117. The van der Waals surface area contributed by atoms with E-state index in [1.807, 2.05) is 18.2 Å². The molecular weight excluding hydrogens is 312 g/mol. The van der Waals surface area contributed by atoms with E-state index in [1.165, 1.54) is 32.1 Å². The summed E-state index contributed by atoms with van der Waals surface area (Å²) in [5, 5.41) is 0.771. The molecule has 0 aliphatic heterocycles. The van der Waals surface area contributed by atoms with Gasteiger partial charge in [-0.25, -0.2) is 0 Å². The molecule has 0 unspecified atom stereocenters. The van der Waals surface area contributed by atoms with E-state index >= 15 is 0 Å². The Balaban J connectivity index is 2.07. The second-order valence-corrected chi connectivity index (χ2v) is 5.88. The predicted octanol–water partition coefficient (Wildman–Crippen LogP) is 5.98. The minimum absolute atomic E-state index is 0.612. The van der Waals surface area contributed by atoms with Crippen molar-refractivity contribution in [2.24, 2.45) is 0 Å². The molecule has 1 rings (SSSR count). The summed E-state index contributed by atoms with van der Waals surface area (Å²) in [5.74, 6) is 0. The Morgan fingerprint density at radius 3 is 2.56 bits per heavy atom. The lowest BCUT2D eigenvalue weighted by Gasteiger charge is -2.06. The van der Waals surface area contributed by atoms with E-state index in [9.17, 15) is 0 Å². The minimum atomic E-state index is 0.612. The number of halogens is 2. The molecule has 0 saturated carbocycles. The summed E-state index contributed by atoms with van der Waals surface area (Å²) in [6, 6.07) is 5.91. The predicted molar refractivity (Wildman–Crippen MR) is 82.2 cm³/mol. The van der Waals surface area contributed by atoms with Crippen LogP contribution in [0.5, 0.6) is 0 Å². The highest BCUT2D eigenvalue weighted by Crippen LogP contribution is 2.22. The highest BCUT2D eigenvalue weighted by molar-refractivity contribution is 9.10. The van der Waals surface area contributed by atoms with Crippen LogP contribution in [0.4, 0.5) is 0 Å². The Bertz CT molecular complexity index is 341. The summed E-state index contributed by atoms with van der Waals surface area (Å²) in [6.45, 7) is 3.69. The van der Waals surface area contributed by atoms with Gasteiger partial charge in [-0.1, -0.05) is 72.6 Å². The topological polar surface area (TPSA) is 9.23 Å². The first-order valence-electron chi connectivity index (χ1n) is 6.75. The van der Waals surface area contributed by atoms with Gasteiger partial charge in [-0.2, -0.15) is 0 Å². The highest BCUT2D eigenvalue weighted by Gasteiger charge is 2.01. The zero-order chi connectivity index (χ0) is 13.2. The molecule has 0 radical (unpaired) electrons. The summed E-state index contributed by atoms with van der Waals surface area (Å²) < 4.78 is 6.65. The maximum atomic E-state index is 6.12. The molecule has 0 bridgehead atoms. The van der Waals surface area contributed by atoms with Crippen molar-refractivity contribution < 1.29 is 4.74 Å². The van der Waals surface area contributed by atoms with E-state index in [2.05, 4.69) is 22.9 Å². The summed E-state index contributed by atoms with van der Waals surface area (Å²) in [6.07, 6.45) is 7.77. The third kappa shape index (κ3) is 6.77. The minimum Gasteiger partial charge on any atom is -0.377 e. The van der Waals surface area contributed by atoms with Crippen molar-refractivity contribution in [2.45, 2.75) is 52.1 Å². The molecular formula is C15H22BrClO. The van der Waals surface area contributed by atoms with E-state index in [0.717, 1.165) is 28.1 Å². The van der Waals surface area contributed by atoms with Gasteiger partial charge in [-0.3, -0.25) is 0 Å². The Hall–Kier alpha value is -0.0500. The Morgan fingerprint density at radius 2 is 1.83 bits per heavy atom. The monoisotopic (exact) mass is 332 g/mol. The standard InChI is InChI=1S/C15H22BrClO/c1-2-3-4-5-6-7-10-18-12-13-8-9-14(16)11-15(13)17/h8-9,11H,2-7,10,12H2,1H3. The molecule has 0 atom stereocenters. The Morgan fingerprint density at radius 1 is 1.11 bits per heavy atom. The molecule has 0 aromatic heterocycles. The number of hydrogen-bond acceptors (Lipinski definition) is 1. The molecule has 1 aromatic carbocycles. The van der Waals surface area contributed by atoms with Crippen molar-refractivity contribution in [3.8, 4) is 0 Å². The van der Waals surface area contributed by atoms with Crippen molar-refractivity contribution in [1.82, 2.24) is 0 Å². The van der Waals surface area contributed by atoms with Crippen LogP contribution in [-0.4, -0.2) is 6.61 Å². The molecule has 1 aromatic rings. The van der Waals surface area contributed by atoms with Crippen LogP contribution in [0.15, 0.2) is 22.7 Å². The molecule has 1 nitrogen and oxygen atoms in total. The zero-order valence-electron chi connectivity index (χ0n) is 11.1. The van der Waals surface area contributed by atoms with Crippen LogP contribution in [0, 0.1) is 0 Å². The van der Waals surface area contributed by atoms with Gasteiger partial charge in [0, 0.05) is 16.1 Å². The van der Waals surface area contributed by atoms with Crippen molar-refractivity contribution in [1.29, 1.82) is 0 Å². The number of rotatable bonds is 9. The number of benzene rings is 1. The average Bonchev–Trinajstić information content (AvgIpc) is 2.35. The van der Waals surface area contributed by atoms with Gasteiger partial charge in [0.15, 0.2) is 0 Å². The Labute approximate surface area is 124 Å². The molecule has 0 fully saturated rings. The summed E-state index contributed by atoms with van der Waals surface area (Å²) in [4.78, 5) is 0. The molecule has 0 heterocycles. The van der Waals surface area contributed by atoms with Gasteiger partial charge in [0.1, 0.15) is 0 Å². The number of ether oxygens (including phenoxy) is 1. The van der Waals surface area contributed by atoms with Gasteiger partial charge in [-0.15, -0.1) is 0 Å². The zero-order valence-corrected chi connectivity index (χ0v) is 13.4. The number of hydrogen-bond donors (Lipinski definition) is 0. The van der Waals surface area contributed by atoms with Crippen LogP contribution in [-0.2, 0) is 11.3 Å². The van der Waals surface area contributed by atoms with Gasteiger partial charge in [0.2, 0.25) is 0 Å². The second kappa shape index (κ2) is 9.82. The van der Waals surface area contributed by atoms with Crippen LogP contribution in [0.2, 0.25) is 5.02 Å². The molecule has 3 heteroatoms. The fourth-order valence-electron chi connectivity index (χ4n) is 1.81. The summed E-state index contributed by atoms with van der Waals surface area (Å²) >= 11 is 9.51. The lowest BCUT2D eigenvalue weighted by Crippen LogP contribution is -1.96. The SMILES string of the molecule is CCCCCCCCOCc1ccc(Br)cc1Cl.